The summed E-state index contributed by atoms with van der Waals surface area (Å²) in [5.74, 6) is 0.850. The maximum atomic E-state index is 14.7. The van der Waals surface area contributed by atoms with Crippen molar-refractivity contribution >= 4 is 33.9 Å². The van der Waals surface area contributed by atoms with E-state index in [4.69, 9.17) is 14.5 Å². The summed E-state index contributed by atoms with van der Waals surface area (Å²) in [7, 11) is 0. The minimum Gasteiger partial charge on any atom is -0.466 e. The Kier molecular flexibility index (Phi) is 8.93. The number of rotatable bonds is 10. The van der Waals surface area contributed by atoms with Crippen LogP contribution in [0, 0.1) is 0 Å². The zero-order chi connectivity index (χ0) is 33.0. The molecule has 0 radical (unpaired) electrons. The molecule has 3 aromatic carbocycles. The van der Waals surface area contributed by atoms with Crippen molar-refractivity contribution < 1.29 is 14.3 Å². The molecule has 4 heterocycles. The summed E-state index contributed by atoms with van der Waals surface area (Å²) in [6, 6.07) is 22.5. The molecule has 1 aliphatic heterocycles. The van der Waals surface area contributed by atoms with Crippen molar-refractivity contribution in [2.24, 2.45) is 0 Å². The van der Waals surface area contributed by atoms with Gasteiger partial charge in [-0.15, -0.1) is 0 Å². The van der Waals surface area contributed by atoms with Crippen LogP contribution in [-0.2, 0) is 20.7 Å². The third-order valence-corrected chi connectivity index (χ3v) is 8.71. The van der Waals surface area contributed by atoms with E-state index in [-0.39, 0.29) is 30.2 Å². The summed E-state index contributed by atoms with van der Waals surface area (Å²) in [5.41, 5.74) is 4.89. The normalized spacial score (nSPS) is 15.4. The summed E-state index contributed by atoms with van der Waals surface area (Å²) in [6.07, 6.45) is 7.03. The van der Waals surface area contributed by atoms with Crippen LogP contribution in [0.3, 0.4) is 0 Å². The number of nitrogens with one attached hydrogen (secondary N) is 1. The quantitative estimate of drug-likeness (QED) is 0.165. The summed E-state index contributed by atoms with van der Waals surface area (Å²) in [4.78, 5) is 45.6. The fraction of sp³-hybridized carbons (Fsp3) is 0.297. The molecule has 0 saturated carbocycles. The molecule has 244 valence electrons. The number of carbonyl (C=O) groups is 1. The van der Waals surface area contributed by atoms with Crippen LogP contribution >= 0.6 is 0 Å². The fourth-order valence-electron chi connectivity index (χ4n) is 6.35. The minimum absolute atomic E-state index is 0.109. The Bertz CT molecular complexity index is 2120. The van der Waals surface area contributed by atoms with Crippen LogP contribution in [-0.4, -0.2) is 48.3 Å². The Hall–Kier alpha value is -5.42. The van der Waals surface area contributed by atoms with E-state index in [1.165, 1.54) is 6.33 Å². The van der Waals surface area contributed by atoms with Gasteiger partial charge in [0.1, 0.15) is 18.4 Å². The van der Waals surface area contributed by atoms with Gasteiger partial charge in [0.15, 0.2) is 17.0 Å². The number of esters is 1. The van der Waals surface area contributed by atoms with Gasteiger partial charge in [-0.05, 0) is 67.5 Å². The molecule has 1 unspecified atom stereocenters. The first-order valence-corrected chi connectivity index (χ1v) is 16.5. The van der Waals surface area contributed by atoms with Gasteiger partial charge in [-0.1, -0.05) is 61.5 Å². The number of aromatic nitrogens is 6. The smallest absolute Gasteiger partial charge is 0.310 e. The molecule has 6 aromatic rings. The molecule has 0 spiro atoms. The molecule has 1 saturated heterocycles. The van der Waals surface area contributed by atoms with Gasteiger partial charge in [-0.2, -0.15) is 0 Å². The lowest BCUT2D eigenvalue weighted by atomic mass is 9.99. The van der Waals surface area contributed by atoms with Gasteiger partial charge in [0.2, 0.25) is 0 Å². The van der Waals surface area contributed by atoms with Crippen molar-refractivity contribution in [1.82, 2.24) is 29.1 Å². The lowest BCUT2D eigenvalue weighted by Crippen LogP contribution is -2.28. The van der Waals surface area contributed by atoms with E-state index in [1.54, 1.807) is 17.8 Å². The summed E-state index contributed by atoms with van der Waals surface area (Å²) in [6.45, 7) is 4.89. The zero-order valence-corrected chi connectivity index (χ0v) is 27.0. The molecule has 48 heavy (non-hydrogen) atoms. The van der Waals surface area contributed by atoms with Gasteiger partial charge in [-0.3, -0.25) is 18.7 Å². The van der Waals surface area contributed by atoms with E-state index in [9.17, 15) is 9.59 Å². The maximum Gasteiger partial charge on any atom is 0.310 e. The van der Waals surface area contributed by atoms with E-state index in [2.05, 4.69) is 20.3 Å². The topological polar surface area (TPSA) is 126 Å². The number of nitrogens with zero attached hydrogens (tertiary/aromatic N) is 6. The molecule has 2 atom stereocenters. The predicted octanol–water partition coefficient (Wildman–Crippen LogP) is 6.56. The van der Waals surface area contributed by atoms with Crippen LogP contribution in [0.25, 0.3) is 38.9 Å². The van der Waals surface area contributed by atoms with E-state index >= 15 is 0 Å². The van der Waals surface area contributed by atoms with E-state index in [0.717, 1.165) is 36.0 Å². The van der Waals surface area contributed by atoms with E-state index < -0.39 is 0 Å². The van der Waals surface area contributed by atoms with Crippen LogP contribution in [0.1, 0.15) is 63.2 Å². The lowest BCUT2D eigenvalue weighted by molar-refractivity contribution is -0.142. The number of ether oxygens (including phenoxy) is 2. The Labute approximate surface area is 277 Å². The second-order valence-electron chi connectivity index (χ2n) is 11.8. The maximum absolute atomic E-state index is 14.7. The zero-order valence-electron chi connectivity index (χ0n) is 27.0. The van der Waals surface area contributed by atoms with Crippen LogP contribution in [0.4, 0.5) is 5.82 Å². The number of benzene rings is 3. The van der Waals surface area contributed by atoms with Crippen molar-refractivity contribution in [3.8, 4) is 16.8 Å². The van der Waals surface area contributed by atoms with Crippen molar-refractivity contribution in [2.75, 3.05) is 18.5 Å². The lowest BCUT2D eigenvalue weighted by Gasteiger charge is -2.24. The van der Waals surface area contributed by atoms with Crippen LogP contribution in [0.5, 0.6) is 0 Å². The van der Waals surface area contributed by atoms with Gasteiger partial charge in [0.25, 0.3) is 5.56 Å². The summed E-state index contributed by atoms with van der Waals surface area (Å²) >= 11 is 0. The minimum atomic E-state index is -0.387. The van der Waals surface area contributed by atoms with Crippen LogP contribution in [0.2, 0.25) is 0 Å². The fourth-order valence-corrected chi connectivity index (χ4v) is 6.35. The molecular formula is C37H37N7O4. The average molecular weight is 644 g/mol. The molecule has 1 N–H and O–H groups in total. The summed E-state index contributed by atoms with van der Waals surface area (Å²) < 4.78 is 14.8. The molecule has 1 fully saturated rings. The highest BCUT2D eigenvalue weighted by atomic mass is 16.5. The Morgan fingerprint density at radius 2 is 1.83 bits per heavy atom. The second kappa shape index (κ2) is 13.7. The number of hydrogen-bond acceptors (Lipinski definition) is 9. The van der Waals surface area contributed by atoms with Crippen molar-refractivity contribution in [1.29, 1.82) is 0 Å². The Morgan fingerprint density at radius 1 is 1.00 bits per heavy atom. The monoisotopic (exact) mass is 643 g/mol. The third-order valence-electron chi connectivity index (χ3n) is 8.71. The number of anilines is 1. The second-order valence-corrected chi connectivity index (χ2v) is 11.8. The third kappa shape index (κ3) is 6.04. The van der Waals surface area contributed by atoms with E-state index in [1.807, 2.05) is 84.3 Å². The number of hydrogen-bond donors (Lipinski definition) is 1. The first-order valence-electron chi connectivity index (χ1n) is 16.5. The number of carbonyl (C=O) groups excluding carboxylic acids is 1. The highest BCUT2D eigenvalue weighted by molar-refractivity contribution is 5.94. The highest BCUT2D eigenvalue weighted by Crippen LogP contribution is 2.32. The average Bonchev–Trinajstić information content (AvgIpc) is 3.57. The SMILES string of the molecule is CCOC(=O)Cc1ccc(-c2cccc3nc([C@H](CC)Nc4ncnc5c4ncn5C4CCCCO4)n(-c4ccccc4)c(=O)c23)cc1. The Morgan fingerprint density at radius 3 is 2.58 bits per heavy atom. The van der Waals surface area contributed by atoms with Crippen LogP contribution < -0.4 is 10.9 Å². The molecule has 1 aliphatic rings. The van der Waals surface area contributed by atoms with Gasteiger partial charge < -0.3 is 14.8 Å². The molecule has 7 rings (SSSR count). The van der Waals surface area contributed by atoms with Crippen LogP contribution in [0.15, 0.2) is 90.2 Å². The first kappa shape index (κ1) is 31.2. The summed E-state index contributed by atoms with van der Waals surface area (Å²) in [5, 5.41) is 4.06. The molecule has 3 aromatic heterocycles. The van der Waals surface area contributed by atoms with E-state index in [0.29, 0.717) is 59.0 Å². The molecular weight excluding hydrogens is 606 g/mol. The number of fused-ring (bicyclic) bond motifs is 2. The number of imidazole rings is 1. The largest absolute Gasteiger partial charge is 0.466 e. The van der Waals surface area contributed by atoms with Gasteiger partial charge in [-0.25, -0.2) is 19.9 Å². The molecule has 11 heteroatoms. The molecule has 11 nitrogen and oxygen atoms in total. The predicted molar refractivity (Wildman–Crippen MR) is 184 cm³/mol. The highest BCUT2D eigenvalue weighted by Gasteiger charge is 2.25. The standard InChI is InChI=1S/C37H37N7O4/c1-3-28(41-34-33-36(39-22-38-34)43(23-40-33)30-15-8-9-20-48-30)35-42-29-14-10-13-27(25-18-16-24(17-19-25)21-31(45)47-4-2)32(29)37(46)44(35)26-11-6-5-7-12-26/h5-7,10-14,16-19,22-23,28,30H,3-4,8-9,15,20-21H2,1-2H3,(H,38,39,41)/t28-,30?/m0/s1. The van der Waals surface area contributed by atoms with Crippen molar-refractivity contribution in [3.63, 3.8) is 0 Å². The van der Waals surface area contributed by atoms with Gasteiger partial charge in [0, 0.05) is 6.61 Å². The van der Waals surface area contributed by atoms with Gasteiger partial charge >= 0.3 is 5.97 Å². The van der Waals surface area contributed by atoms with Crippen molar-refractivity contribution in [2.45, 2.75) is 58.2 Å². The Balaban J connectivity index is 1.31. The molecule has 0 bridgehead atoms. The molecule has 0 amide bonds. The number of para-hydroxylation sites is 1. The molecule has 0 aliphatic carbocycles. The van der Waals surface area contributed by atoms with Crippen molar-refractivity contribution in [3.05, 3.63) is 107 Å². The first-order chi connectivity index (χ1) is 23.6. The van der Waals surface area contributed by atoms with Gasteiger partial charge in [0.05, 0.1) is 42.0 Å².